The molecule has 4 nitrogen and oxygen atoms in total. The van der Waals surface area contributed by atoms with Crippen LogP contribution in [0.1, 0.15) is 6.42 Å². The maximum Gasteiger partial charge on any atom is 0.178 e. The number of benzene rings is 1. The maximum atomic E-state index is 12.1. The Labute approximate surface area is 102 Å². The van der Waals surface area contributed by atoms with Gasteiger partial charge in [0.1, 0.15) is 0 Å². The van der Waals surface area contributed by atoms with E-state index < -0.39 is 15.9 Å². The Morgan fingerprint density at radius 1 is 1.29 bits per heavy atom. The van der Waals surface area contributed by atoms with Gasteiger partial charge >= 0.3 is 0 Å². The van der Waals surface area contributed by atoms with E-state index >= 15 is 0 Å². The molecular formula is C12H17NO3S. The first kappa shape index (κ1) is 12.5. The number of rotatable bonds is 3. The van der Waals surface area contributed by atoms with Crippen LogP contribution < -0.4 is 5.32 Å². The van der Waals surface area contributed by atoms with Crippen LogP contribution >= 0.6 is 0 Å². The third kappa shape index (κ3) is 3.06. The summed E-state index contributed by atoms with van der Waals surface area (Å²) >= 11 is 0. The largest absolute Gasteiger partial charge is 0.393 e. The molecular weight excluding hydrogens is 238 g/mol. The van der Waals surface area contributed by atoms with Crippen molar-refractivity contribution in [3.63, 3.8) is 0 Å². The number of piperidine rings is 1. The molecule has 2 atom stereocenters. The molecule has 0 aliphatic carbocycles. The highest BCUT2D eigenvalue weighted by Gasteiger charge is 2.28. The van der Waals surface area contributed by atoms with Crippen molar-refractivity contribution in [3.8, 4) is 0 Å². The van der Waals surface area contributed by atoms with Gasteiger partial charge in [-0.25, -0.2) is 8.42 Å². The molecule has 0 aromatic heterocycles. The zero-order chi connectivity index (χ0) is 12.3. The topological polar surface area (TPSA) is 66.4 Å². The Balaban J connectivity index is 2.12. The molecule has 1 fully saturated rings. The van der Waals surface area contributed by atoms with E-state index in [9.17, 15) is 13.5 Å². The molecule has 5 heteroatoms. The SMILES string of the molecule is O=S(=O)(CC1CNCCC1O)c1ccccc1. The van der Waals surface area contributed by atoms with Gasteiger partial charge in [0, 0.05) is 12.5 Å². The molecule has 0 saturated carbocycles. The minimum absolute atomic E-state index is 0.00514. The fraction of sp³-hybridized carbons (Fsp3) is 0.500. The molecule has 0 amide bonds. The van der Waals surface area contributed by atoms with E-state index in [4.69, 9.17) is 0 Å². The standard InChI is InChI=1S/C12H17NO3S/c14-12-6-7-13-8-10(12)9-17(15,16)11-4-2-1-3-5-11/h1-5,10,12-14H,6-9H2. The normalized spacial score (nSPS) is 25.7. The van der Waals surface area contributed by atoms with Crippen molar-refractivity contribution in [3.05, 3.63) is 30.3 Å². The molecule has 0 spiro atoms. The van der Waals surface area contributed by atoms with E-state index in [0.717, 1.165) is 6.54 Å². The van der Waals surface area contributed by atoms with Crippen molar-refractivity contribution in [1.29, 1.82) is 0 Å². The summed E-state index contributed by atoms with van der Waals surface area (Å²) in [7, 11) is -3.29. The van der Waals surface area contributed by atoms with Gasteiger partial charge in [-0.15, -0.1) is 0 Å². The zero-order valence-electron chi connectivity index (χ0n) is 9.54. The molecule has 1 aromatic rings. The summed E-state index contributed by atoms with van der Waals surface area (Å²) in [5.41, 5.74) is 0. The van der Waals surface area contributed by atoms with Gasteiger partial charge in [-0.3, -0.25) is 0 Å². The fourth-order valence-electron chi connectivity index (χ4n) is 2.09. The summed E-state index contributed by atoms with van der Waals surface area (Å²) in [4.78, 5) is 0.331. The predicted molar refractivity (Wildman–Crippen MR) is 65.5 cm³/mol. The van der Waals surface area contributed by atoms with Gasteiger partial charge in [0.05, 0.1) is 16.8 Å². The van der Waals surface area contributed by atoms with Crippen LogP contribution in [-0.4, -0.2) is 38.5 Å². The van der Waals surface area contributed by atoms with Gasteiger partial charge in [0.2, 0.25) is 0 Å². The Bertz CT molecular complexity index is 458. The maximum absolute atomic E-state index is 12.1. The summed E-state index contributed by atoms with van der Waals surface area (Å²) in [6.45, 7) is 1.32. The van der Waals surface area contributed by atoms with Crippen molar-refractivity contribution < 1.29 is 13.5 Å². The zero-order valence-corrected chi connectivity index (χ0v) is 10.4. The molecule has 1 heterocycles. The van der Waals surface area contributed by atoms with Crippen LogP contribution in [0.3, 0.4) is 0 Å². The summed E-state index contributed by atoms with van der Waals surface area (Å²) in [6, 6.07) is 8.40. The summed E-state index contributed by atoms with van der Waals surface area (Å²) in [5.74, 6) is -0.209. The van der Waals surface area contributed by atoms with Crippen molar-refractivity contribution >= 4 is 9.84 Å². The highest BCUT2D eigenvalue weighted by atomic mass is 32.2. The molecule has 0 radical (unpaired) electrons. The second kappa shape index (κ2) is 5.16. The van der Waals surface area contributed by atoms with Gasteiger partial charge in [-0.1, -0.05) is 18.2 Å². The molecule has 94 valence electrons. The van der Waals surface area contributed by atoms with E-state index in [-0.39, 0.29) is 11.7 Å². The second-order valence-corrected chi connectivity index (χ2v) is 6.45. The van der Waals surface area contributed by atoms with Crippen LogP contribution in [0, 0.1) is 5.92 Å². The number of aliphatic hydroxyl groups is 1. The van der Waals surface area contributed by atoms with Gasteiger partial charge in [-0.2, -0.15) is 0 Å². The van der Waals surface area contributed by atoms with Gasteiger partial charge < -0.3 is 10.4 Å². The minimum Gasteiger partial charge on any atom is -0.393 e. The minimum atomic E-state index is -3.29. The Kier molecular flexibility index (Phi) is 3.81. The molecule has 1 aromatic carbocycles. The first-order valence-electron chi connectivity index (χ1n) is 5.76. The van der Waals surface area contributed by atoms with E-state index in [1.54, 1.807) is 30.3 Å². The summed E-state index contributed by atoms with van der Waals surface area (Å²) < 4.78 is 24.2. The number of sulfone groups is 1. The second-order valence-electron chi connectivity index (χ2n) is 4.41. The molecule has 17 heavy (non-hydrogen) atoms. The van der Waals surface area contributed by atoms with Crippen molar-refractivity contribution in [1.82, 2.24) is 5.32 Å². The van der Waals surface area contributed by atoms with Crippen LogP contribution in [0.2, 0.25) is 0 Å². The molecule has 0 bridgehead atoms. The third-order valence-corrected chi connectivity index (χ3v) is 4.96. The fourth-order valence-corrected chi connectivity index (χ4v) is 3.75. The Morgan fingerprint density at radius 3 is 2.65 bits per heavy atom. The van der Waals surface area contributed by atoms with E-state index in [0.29, 0.717) is 17.9 Å². The molecule has 1 aliphatic heterocycles. The van der Waals surface area contributed by atoms with Crippen LogP contribution in [0.25, 0.3) is 0 Å². The van der Waals surface area contributed by atoms with Gasteiger partial charge in [0.15, 0.2) is 9.84 Å². The number of hydrogen-bond donors (Lipinski definition) is 2. The molecule has 2 unspecified atom stereocenters. The predicted octanol–water partition coefficient (Wildman–Crippen LogP) is 0.431. The average molecular weight is 255 g/mol. The van der Waals surface area contributed by atoms with Crippen LogP contribution in [0.5, 0.6) is 0 Å². The van der Waals surface area contributed by atoms with Crippen molar-refractivity contribution in [2.75, 3.05) is 18.8 Å². The number of hydrogen-bond acceptors (Lipinski definition) is 4. The number of nitrogens with one attached hydrogen (secondary N) is 1. The lowest BCUT2D eigenvalue weighted by Gasteiger charge is -2.28. The Hall–Kier alpha value is -0.910. The van der Waals surface area contributed by atoms with E-state index in [1.807, 2.05) is 0 Å². The van der Waals surface area contributed by atoms with E-state index in [2.05, 4.69) is 5.32 Å². The smallest absolute Gasteiger partial charge is 0.178 e. The monoisotopic (exact) mass is 255 g/mol. The lowest BCUT2D eigenvalue weighted by molar-refractivity contribution is 0.0896. The molecule has 2 N–H and O–H groups in total. The van der Waals surface area contributed by atoms with Crippen LogP contribution in [0.4, 0.5) is 0 Å². The third-order valence-electron chi connectivity index (χ3n) is 3.10. The van der Waals surface area contributed by atoms with Gasteiger partial charge in [-0.05, 0) is 25.1 Å². The van der Waals surface area contributed by atoms with Crippen LogP contribution in [-0.2, 0) is 9.84 Å². The molecule has 1 saturated heterocycles. The first-order chi connectivity index (χ1) is 8.09. The number of aliphatic hydroxyl groups excluding tert-OH is 1. The first-order valence-corrected chi connectivity index (χ1v) is 7.41. The summed E-state index contributed by atoms with van der Waals surface area (Å²) in [5, 5.41) is 12.9. The molecule has 1 aliphatic rings. The van der Waals surface area contributed by atoms with E-state index in [1.165, 1.54) is 0 Å². The van der Waals surface area contributed by atoms with Crippen molar-refractivity contribution in [2.24, 2.45) is 5.92 Å². The quantitative estimate of drug-likeness (QED) is 0.822. The Morgan fingerprint density at radius 2 is 2.00 bits per heavy atom. The van der Waals surface area contributed by atoms with Gasteiger partial charge in [0.25, 0.3) is 0 Å². The lowest BCUT2D eigenvalue weighted by atomic mass is 9.98. The summed E-state index contributed by atoms with van der Waals surface area (Å²) in [6.07, 6.45) is 0.101. The van der Waals surface area contributed by atoms with Crippen molar-refractivity contribution in [2.45, 2.75) is 17.4 Å². The average Bonchev–Trinajstić information content (AvgIpc) is 2.33. The highest BCUT2D eigenvalue weighted by molar-refractivity contribution is 7.91. The molecule has 2 rings (SSSR count). The van der Waals surface area contributed by atoms with Crippen LogP contribution in [0.15, 0.2) is 35.2 Å². The lowest BCUT2D eigenvalue weighted by Crippen LogP contribution is -2.43. The highest BCUT2D eigenvalue weighted by Crippen LogP contribution is 2.18.